The van der Waals surface area contributed by atoms with Crippen LogP contribution in [0.3, 0.4) is 0 Å². The van der Waals surface area contributed by atoms with Gasteiger partial charge >= 0.3 is 0 Å². The van der Waals surface area contributed by atoms with Gasteiger partial charge in [-0.2, -0.15) is 0 Å². The van der Waals surface area contributed by atoms with Crippen molar-refractivity contribution in [2.75, 3.05) is 11.1 Å². The van der Waals surface area contributed by atoms with Crippen LogP contribution in [0.5, 0.6) is 0 Å². The molecule has 1 saturated heterocycles. The summed E-state index contributed by atoms with van der Waals surface area (Å²) in [6.45, 7) is 0. The second-order valence-electron chi connectivity index (χ2n) is 5.35. The fraction of sp³-hybridized carbons (Fsp3) is 0.500. The second-order valence-corrected chi connectivity index (χ2v) is 6.60. The van der Waals surface area contributed by atoms with E-state index in [-0.39, 0.29) is 4.99 Å². The average Bonchev–Trinajstić information content (AvgIpc) is 3.17. The second kappa shape index (κ2) is 3.67. The molecule has 1 saturated carbocycles. The third-order valence-electron chi connectivity index (χ3n) is 4.08. The lowest BCUT2D eigenvalue weighted by Gasteiger charge is -2.42. The molecule has 3 nitrogen and oxygen atoms in total. The lowest BCUT2D eigenvalue weighted by Crippen LogP contribution is -2.53. The number of thioether (sulfide) groups is 1. The minimum absolute atomic E-state index is 0.160. The molecule has 0 aromatic heterocycles. The first-order valence-corrected chi connectivity index (χ1v) is 7.59. The number of aryl methyl sites for hydroxylation is 1. The number of benzene rings is 1. The lowest BCUT2D eigenvalue weighted by molar-refractivity contribution is -0.130. The third kappa shape index (κ3) is 1.48. The van der Waals surface area contributed by atoms with Crippen LogP contribution in [0.2, 0.25) is 0 Å². The van der Waals surface area contributed by atoms with Crippen molar-refractivity contribution in [1.29, 1.82) is 0 Å². The summed E-state index contributed by atoms with van der Waals surface area (Å²) in [4.78, 5) is 14.1. The first-order valence-electron chi connectivity index (χ1n) is 6.61. The van der Waals surface area contributed by atoms with E-state index in [0.29, 0.717) is 17.7 Å². The van der Waals surface area contributed by atoms with Crippen LogP contribution in [0.4, 0.5) is 5.69 Å². The Morgan fingerprint density at radius 2 is 2.17 bits per heavy atom. The van der Waals surface area contributed by atoms with Crippen molar-refractivity contribution in [2.45, 2.75) is 36.7 Å². The summed E-state index contributed by atoms with van der Waals surface area (Å²) in [6.07, 6.45) is 4.44. The number of carbonyl (C=O) groups is 1. The Kier molecular flexibility index (Phi) is 2.19. The van der Waals surface area contributed by atoms with E-state index in [4.69, 9.17) is 0 Å². The fourth-order valence-corrected chi connectivity index (χ4v) is 4.40. The highest BCUT2D eigenvalue weighted by Gasteiger charge is 2.53. The van der Waals surface area contributed by atoms with Gasteiger partial charge in [-0.25, -0.2) is 0 Å². The number of hydrogen-bond acceptors (Lipinski definition) is 3. The highest BCUT2D eigenvalue weighted by Crippen LogP contribution is 2.49. The van der Waals surface area contributed by atoms with Crippen LogP contribution in [-0.4, -0.2) is 27.6 Å². The zero-order valence-corrected chi connectivity index (χ0v) is 11.0. The largest absolute Gasteiger partial charge is 0.354 e. The van der Waals surface area contributed by atoms with Gasteiger partial charge in [0.05, 0.1) is 5.75 Å². The predicted octanol–water partition coefficient (Wildman–Crippen LogP) is 2.44. The first-order chi connectivity index (χ1) is 8.78. The molecule has 0 radical (unpaired) electrons. The predicted molar refractivity (Wildman–Crippen MR) is 73.4 cm³/mol. The zero-order chi connectivity index (χ0) is 12.2. The minimum Gasteiger partial charge on any atom is -0.354 e. The molecule has 1 N–H and O–H groups in total. The number of nitrogens with one attached hydrogen (secondary N) is 1. The molecular weight excluding hydrogens is 244 g/mol. The molecule has 1 unspecified atom stereocenters. The summed E-state index contributed by atoms with van der Waals surface area (Å²) in [7, 11) is 0. The molecule has 4 rings (SSSR count). The molecule has 1 aromatic carbocycles. The van der Waals surface area contributed by atoms with Crippen molar-refractivity contribution in [3.8, 4) is 0 Å². The van der Waals surface area contributed by atoms with Crippen LogP contribution in [0, 0.1) is 0 Å². The molecular formula is C14H16N2OS. The highest BCUT2D eigenvalue weighted by atomic mass is 32.2. The molecule has 94 valence electrons. The van der Waals surface area contributed by atoms with Crippen LogP contribution in [0.15, 0.2) is 24.3 Å². The molecule has 2 heterocycles. The SMILES string of the molecule is O=C1CSC2(CCc3ccccc3N2)N1C1CC1. The van der Waals surface area contributed by atoms with E-state index in [0.717, 1.165) is 12.8 Å². The maximum atomic E-state index is 12.1. The molecule has 0 bridgehead atoms. The molecule has 1 amide bonds. The van der Waals surface area contributed by atoms with E-state index in [9.17, 15) is 4.79 Å². The molecule has 1 atom stereocenters. The number of para-hydroxylation sites is 1. The van der Waals surface area contributed by atoms with Gasteiger partial charge in [-0.05, 0) is 30.9 Å². The van der Waals surface area contributed by atoms with Crippen molar-refractivity contribution in [1.82, 2.24) is 4.90 Å². The zero-order valence-electron chi connectivity index (χ0n) is 10.2. The molecule has 2 aliphatic heterocycles. The first kappa shape index (κ1) is 10.7. The normalized spacial score (nSPS) is 30.4. The van der Waals surface area contributed by atoms with Crippen molar-refractivity contribution in [2.24, 2.45) is 0 Å². The Morgan fingerprint density at radius 1 is 1.33 bits per heavy atom. The number of amides is 1. The number of carbonyl (C=O) groups excluding carboxylic acids is 1. The number of nitrogens with zero attached hydrogens (tertiary/aromatic N) is 1. The molecule has 3 aliphatic rings. The van der Waals surface area contributed by atoms with Gasteiger partial charge < -0.3 is 10.2 Å². The maximum absolute atomic E-state index is 12.1. The molecule has 4 heteroatoms. The summed E-state index contributed by atoms with van der Waals surface area (Å²) < 4.78 is 0. The van der Waals surface area contributed by atoms with Crippen molar-refractivity contribution >= 4 is 23.4 Å². The van der Waals surface area contributed by atoms with Crippen LogP contribution >= 0.6 is 11.8 Å². The number of anilines is 1. The van der Waals surface area contributed by atoms with E-state index < -0.39 is 0 Å². The Balaban J connectivity index is 1.71. The van der Waals surface area contributed by atoms with Crippen LogP contribution < -0.4 is 5.32 Å². The number of fused-ring (bicyclic) bond motifs is 1. The van der Waals surface area contributed by atoms with Gasteiger partial charge in [-0.15, -0.1) is 11.8 Å². The van der Waals surface area contributed by atoms with Crippen LogP contribution in [0.1, 0.15) is 24.8 Å². The smallest absolute Gasteiger partial charge is 0.235 e. The summed E-state index contributed by atoms with van der Waals surface area (Å²) >= 11 is 1.78. The van der Waals surface area contributed by atoms with Crippen molar-refractivity contribution < 1.29 is 4.79 Å². The number of hydrogen-bond donors (Lipinski definition) is 1. The third-order valence-corrected chi connectivity index (χ3v) is 5.46. The Hall–Kier alpha value is -1.16. The van der Waals surface area contributed by atoms with Crippen molar-refractivity contribution in [3.63, 3.8) is 0 Å². The van der Waals surface area contributed by atoms with E-state index in [2.05, 4.69) is 34.5 Å². The molecule has 1 spiro atoms. The Bertz CT molecular complexity index is 514. The molecule has 18 heavy (non-hydrogen) atoms. The molecule has 1 aromatic rings. The van der Waals surface area contributed by atoms with E-state index in [1.807, 2.05) is 0 Å². The van der Waals surface area contributed by atoms with E-state index >= 15 is 0 Å². The number of rotatable bonds is 1. The lowest BCUT2D eigenvalue weighted by atomic mass is 10.0. The maximum Gasteiger partial charge on any atom is 0.235 e. The van der Waals surface area contributed by atoms with Gasteiger partial charge in [0.25, 0.3) is 0 Å². The van der Waals surface area contributed by atoms with Crippen LogP contribution in [-0.2, 0) is 11.2 Å². The topological polar surface area (TPSA) is 32.3 Å². The average molecular weight is 260 g/mol. The van der Waals surface area contributed by atoms with Gasteiger partial charge in [0.2, 0.25) is 5.91 Å². The molecule has 2 fully saturated rings. The van der Waals surface area contributed by atoms with E-state index in [1.165, 1.54) is 24.1 Å². The monoisotopic (exact) mass is 260 g/mol. The van der Waals surface area contributed by atoms with E-state index in [1.54, 1.807) is 11.8 Å². The summed E-state index contributed by atoms with van der Waals surface area (Å²) in [6, 6.07) is 8.95. The molecule has 1 aliphatic carbocycles. The summed E-state index contributed by atoms with van der Waals surface area (Å²) in [5.41, 5.74) is 2.58. The standard InChI is InChI=1S/C14H16N2OS/c17-13-9-18-14(16(13)11-5-6-11)8-7-10-3-1-2-4-12(10)15-14/h1-4,11,15H,5-9H2. The van der Waals surface area contributed by atoms with Crippen LogP contribution in [0.25, 0.3) is 0 Å². The quantitative estimate of drug-likeness (QED) is 0.841. The van der Waals surface area contributed by atoms with Gasteiger partial charge in [0.1, 0.15) is 0 Å². The van der Waals surface area contributed by atoms with Crippen molar-refractivity contribution in [3.05, 3.63) is 29.8 Å². The van der Waals surface area contributed by atoms with Gasteiger partial charge in [-0.1, -0.05) is 18.2 Å². The Labute approximate surface area is 111 Å². The fourth-order valence-electron chi connectivity index (χ4n) is 3.08. The summed E-state index contributed by atoms with van der Waals surface area (Å²) in [5.74, 6) is 0.945. The minimum atomic E-state index is -0.160. The highest BCUT2D eigenvalue weighted by molar-refractivity contribution is 8.01. The Morgan fingerprint density at radius 3 is 3.00 bits per heavy atom. The van der Waals surface area contributed by atoms with Gasteiger partial charge in [-0.3, -0.25) is 4.79 Å². The van der Waals surface area contributed by atoms with Gasteiger partial charge in [0.15, 0.2) is 4.99 Å². The van der Waals surface area contributed by atoms with Gasteiger partial charge in [0, 0.05) is 18.2 Å². The summed E-state index contributed by atoms with van der Waals surface area (Å²) in [5, 5.41) is 3.64.